The van der Waals surface area contributed by atoms with Crippen LogP contribution in [0.15, 0.2) is 23.4 Å². The first kappa shape index (κ1) is 9.92. The Labute approximate surface area is 77.2 Å². The molecule has 1 heterocycles. The minimum Gasteiger partial charge on any atom is -0.383 e. The predicted octanol–water partition coefficient (Wildman–Crippen LogP) is 0.841. The Hall–Kier alpha value is -1.16. The van der Waals surface area contributed by atoms with Crippen LogP contribution < -0.4 is 5.56 Å². The molecular formula is C9H14N2O2. The highest BCUT2D eigenvalue weighted by Gasteiger charge is 2.08. The van der Waals surface area contributed by atoms with Crippen LogP contribution in [0.3, 0.4) is 0 Å². The van der Waals surface area contributed by atoms with Crippen LogP contribution in [0.5, 0.6) is 0 Å². The zero-order valence-electron chi connectivity index (χ0n) is 7.93. The molecule has 0 aromatic carbocycles. The molecule has 72 valence electrons. The fourth-order valence-electron chi connectivity index (χ4n) is 1.25. The van der Waals surface area contributed by atoms with Gasteiger partial charge in [-0.1, -0.05) is 6.92 Å². The van der Waals surface area contributed by atoms with Gasteiger partial charge in [0, 0.05) is 19.5 Å². The number of methoxy groups -OCH3 is 1. The Morgan fingerprint density at radius 1 is 1.69 bits per heavy atom. The molecule has 0 saturated heterocycles. The minimum absolute atomic E-state index is 0.0774. The summed E-state index contributed by atoms with van der Waals surface area (Å²) >= 11 is 0. The average molecular weight is 182 g/mol. The predicted molar refractivity (Wildman–Crippen MR) is 49.7 cm³/mol. The van der Waals surface area contributed by atoms with E-state index in [-0.39, 0.29) is 11.6 Å². The maximum Gasteiger partial charge on any atom is 0.269 e. The van der Waals surface area contributed by atoms with Gasteiger partial charge in [0.1, 0.15) is 0 Å². The first-order valence-corrected chi connectivity index (χ1v) is 4.30. The van der Waals surface area contributed by atoms with Gasteiger partial charge >= 0.3 is 0 Å². The third kappa shape index (κ3) is 2.39. The van der Waals surface area contributed by atoms with Crippen LogP contribution in [0.4, 0.5) is 0 Å². The molecule has 0 amide bonds. The van der Waals surface area contributed by atoms with Crippen molar-refractivity contribution in [3.05, 3.63) is 28.9 Å². The molecule has 0 radical (unpaired) electrons. The van der Waals surface area contributed by atoms with E-state index >= 15 is 0 Å². The average Bonchev–Trinajstić information content (AvgIpc) is 2.16. The normalized spacial score (nSPS) is 12.8. The molecule has 0 aliphatic heterocycles. The maximum atomic E-state index is 11.3. The summed E-state index contributed by atoms with van der Waals surface area (Å²) in [4.78, 5) is 15.1. The van der Waals surface area contributed by atoms with Crippen LogP contribution in [-0.2, 0) is 4.74 Å². The smallest absolute Gasteiger partial charge is 0.269 e. The van der Waals surface area contributed by atoms with Crippen molar-refractivity contribution in [2.75, 3.05) is 13.7 Å². The summed E-state index contributed by atoms with van der Waals surface area (Å²) in [7, 11) is 1.63. The van der Waals surface area contributed by atoms with Gasteiger partial charge in [0.25, 0.3) is 5.56 Å². The standard InChI is InChI=1S/C9H14N2O2/c1-3-8(7-13-2)11-5-4-10-6-9(11)12/h4-6,8H,3,7H2,1-2H3/t8-/m1/s1. The second-order valence-corrected chi connectivity index (χ2v) is 2.84. The van der Waals surface area contributed by atoms with E-state index in [2.05, 4.69) is 4.98 Å². The maximum absolute atomic E-state index is 11.3. The van der Waals surface area contributed by atoms with E-state index in [0.29, 0.717) is 6.61 Å². The number of aromatic nitrogens is 2. The lowest BCUT2D eigenvalue weighted by Crippen LogP contribution is -2.26. The third-order valence-corrected chi connectivity index (χ3v) is 1.98. The summed E-state index contributed by atoms with van der Waals surface area (Å²) in [5.74, 6) is 0. The van der Waals surface area contributed by atoms with Crippen molar-refractivity contribution in [2.45, 2.75) is 19.4 Å². The molecular weight excluding hydrogens is 168 g/mol. The topological polar surface area (TPSA) is 44.1 Å². The summed E-state index contributed by atoms with van der Waals surface area (Å²) in [6, 6.07) is 0.112. The van der Waals surface area contributed by atoms with Gasteiger partial charge in [0.2, 0.25) is 0 Å². The third-order valence-electron chi connectivity index (χ3n) is 1.98. The summed E-state index contributed by atoms with van der Waals surface area (Å²) in [5.41, 5.74) is -0.0774. The fraction of sp³-hybridized carbons (Fsp3) is 0.556. The molecule has 4 heteroatoms. The van der Waals surface area contributed by atoms with E-state index in [1.54, 1.807) is 24.1 Å². The highest BCUT2D eigenvalue weighted by molar-refractivity contribution is 4.84. The molecule has 1 atom stereocenters. The van der Waals surface area contributed by atoms with Gasteiger partial charge < -0.3 is 9.30 Å². The number of rotatable bonds is 4. The molecule has 0 saturated carbocycles. The molecule has 0 unspecified atom stereocenters. The molecule has 1 aromatic heterocycles. The number of ether oxygens (including phenoxy) is 1. The lowest BCUT2D eigenvalue weighted by Gasteiger charge is -2.16. The number of hydrogen-bond donors (Lipinski definition) is 0. The van der Waals surface area contributed by atoms with Gasteiger partial charge in [-0.15, -0.1) is 0 Å². The summed E-state index contributed by atoms with van der Waals surface area (Å²) in [5, 5.41) is 0. The zero-order valence-corrected chi connectivity index (χ0v) is 7.93. The second-order valence-electron chi connectivity index (χ2n) is 2.84. The number of hydrogen-bond acceptors (Lipinski definition) is 3. The zero-order chi connectivity index (χ0) is 9.68. The van der Waals surface area contributed by atoms with Crippen molar-refractivity contribution >= 4 is 0 Å². The molecule has 0 aliphatic rings. The lowest BCUT2D eigenvalue weighted by atomic mass is 10.2. The molecule has 4 nitrogen and oxygen atoms in total. The van der Waals surface area contributed by atoms with Crippen LogP contribution in [0, 0.1) is 0 Å². The molecule has 0 aliphatic carbocycles. The highest BCUT2D eigenvalue weighted by atomic mass is 16.5. The first-order valence-electron chi connectivity index (χ1n) is 4.30. The van der Waals surface area contributed by atoms with E-state index in [1.165, 1.54) is 6.20 Å². The minimum atomic E-state index is -0.0774. The molecule has 0 spiro atoms. The van der Waals surface area contributed by atoms with Gasteiger partial charge in [-0.05, 0) is 6.42 Å². The molecule has 1 rings (SSSR count). The van der Waals surface area contributed by atoms with Crippen LogP contribution in [0.1, 0.15) is 19.4 Å². The Balaban J connectivity index is 2.91. The monoisotopic (exact) mass is 182 g/mol. The van der Waals surface area contributed by atoms with Crippen molar-refractivity contribution in [3.63, 3.8) is 0 Å². The molecule has 13 heavy (non-hydrogen) atoms. The van der Waals surface area contributed by atoms with Crippen molar-refractivity contribution in [1.29, 1.82) is 0 Å². The molecule has 1 aromatic rings. The number of nitrogens with zero attached hydrogens (tertiary/aromatic N) is 2. The van der Waals surface area contributed by atoms with E-state index in [1.807, 2.05) is 6.92 Å². The lowest BCUT2D eigenvalue weighted by molar-refractivity contribution is 0.151. The van der Waals surface area contributed by atoms with Gasteiger partial charge in [0.15, 0.2) is 0 Å². The Morgan fingerprint density at radius 3 is 3.00 bits per heavy atom. The van der Waals surface area contributed by atoms with Crippen LogP contribution in [-0.4, -0.2) is 23.3 Å². The quantitative estimate of drug-likeness (QED) is 0.693. The van der Waals surface area contributed by atoms with Crippen LogP contribution in [0.25, 0.3) is 0 Å². The molecule has 0 N–H and O–H groups in total. The van der Waals surface area contributed by atoms with Gasteiger partial charge in [-0.25, -0.2) is 0 Å². The largest absolute Gasteiger partial charge is 0.383 e. The van der Waals surface area contributed by atoms with Crippen molar-refractivity contribution in [2.24, 2.45) is 0 Å². The van der Waals surface area contributed by atoms with E-state index < -0.39 is 0 Å². The Morgan fingerprint density at radius 2 is 2.46 bits per heavy atom. The van der Waals surface area contributed by atoms with Crippen molar-refractivity contribution in [1.82, 2.24) is 9.55 Å². The van der Waals surface area contributed by atoms with Gasteiger partial charge in [-0.2, -0.15) is 0 Å². The van der Waals surface area contributed by atoms with Crippen LogP contribution >= 0.6 is 0 Å². The van der Waals surface area contributed by atoms with E-state index in [4.69, 9.17) is 4.74 Å². The SMILES string of the molecule is CC[C@H](COC)n1ccncc1=O. The second kappa shape index (κ2) is 4.77. The van der Waals surface area contributed by atoms with Gasteiger partial charge in [-0.3, -0.25) is 9.78 Å². The Bertz CT molecular complexity index is 308. The molecule has 0 bridgehead atoms. The molecule has 0 fully saturated rings. The van der Waals surface area contributed by atoms with Gasteiger partial charge in [0.05, 0.1) is 18.8 Å². The van der Waals surface area contributed by atoms with E-state index in [9.17, 15) is 4.79 Å². The first-order chi connectivity index (χ1) is 6.29. The van der Waals surface area contributed by atoms with Crippen molar-refractivity contribution < 1.29 is 4.74 Å². The van der Waals surface area contributed by atoms with Crippen molar-refractivity contribution in [3.8, 4) is 0 Å². The summed E-state index contributed by atoms with van der Waals surface area (Å²) in [6.07, 6.45) is 5.49. The fourth-order valence-corrected chi connectivity index (χ4v) is 1.25. The summed E-state index contributed by atoms with van der Waals surface area (Å²) < 4.78 is 6.67. The Kier molecular flexibility index (Phi) is 3.64. The van der Waals surface area contributed by atoms with E-state index in [0.717, 1.165) is 6.42 Å². The van der Waals surface area contributed by atoms with Crippen LogP contribution in [0.2, 0.25) is 0 Å². The highest BCUT2D eigenvalue weighted by Crippen LogP contribution is 2.07. The summed E-state index contributed by atoms with van der Waals surface area (Å²) in [6.45, 7) is 2.58.